The van der Waals surface area contributed by atoms with Gasteiger partial charge in [0.25, 0.3) is 0 Å². The highest BCUT2D eigenvalue weighted by Crippen LogP contribution is 2.28. The van der Waals surface area contributed by atoms with Gasteiger partial charge in [-0.2, -0.15) is 0 Å². The summed E-state index contributed by atoms with van der Waals surface area (Å²) in [5, 5.41) is 0. The van der Waals surface area contributed by atoms with Gasteiger partial charge in [-0.05, 0) is 30.7 Å². The number of nitrogens with zero attached hydrogens (tertiary/aromatic N) is 2. The first-order chi connectivity index (χ1) is 12.2. The zero-order valence-electron chi connectivity index (χ0n) is 14.8. The van der Waals surface area contributed by atoms with E-state index in [0.29, 0.717) is 0 Å². The summed E-state index contributed by atoms with van der Waals surface area (Å²) in [6, 6.07) is 18.0. The standard InChI is InChI=1S/C21H24N2O2/c1-17(16-18-8-4-3-5-9-18)21(24)23-14-12-22(13-15-23)19-10-6-7-11-20(19)25-2/h3-11,16H,12-15H2,1-2H3/b17-16-. The molecule has 1 aliphatic rings. The third-order valence-corrected chi connectivity index (χ3v) is 4.51. The van der Waals surface area contributed by atoms with E-state index in [1.807, 2.05) is 66.4 Å². The average Bonchev–Trinajstić information content (AvgIpc) is 2.68. The number of carbonyl (C=O) groups excluding carboxylic acids is 1. The summed E-state index contributed by atoms with van der Waals surface area (Å²) in [6.45, 7) is 4.95. The van der Waals surface area contributed by atoms with Gasteiger partial charge in [-0.25, -0.2) is 0 Å². The van der Waals surface area contributed by atoms with Gasteiger partial charge in [-0.15, -0.1) is 0 Å². The van der Waals surface area contributed by atoms with Crippen molar-refractivity contribution in [3.8, 4) is 5.75 Å². The number of ether oxygens (including phenoxy) is 1. The number of rotatable bonds is 4. The van der Waals surface area contributed by atoms with Crippen LogP contribution in [0, 0.1) is 0 Å². The number of benzene rings is 2. The van der Waals surface area contributed by atoms with E-state index >= 15 is 0 Å². The first kappa shape index (κ1) is 17.1. The molecule has 0 unspecified atom stereocenters. The molecule has 0 atom stereocenters. The van der Waals surface area contributed by atoms with Crippen molar-refractivity contribution in [3.63, 3.8) is 0 Å². The fourth-order valence-electron chi connectivity index (χ4n) is 3.15. The van der Waals surface area contributed by atoms with Crippen LogP contribution in [0.2, 0.25) is 0 Å². The number of para-hydroxylation sites is 2. The van der Waals surface area contributed by atoms with Crippen LogP contribution in [0.25, 0.3) is 6.08 Å². The van der Waals surface area contributed by atoms with Gasteiger partial charge in [-0.1, -0.05) is 42.5 Å². The molecule has 1 saturated heterocycles. The van der Waals surface area contributed by atoms with E-state index in [1.54, 1.807) is 7.11 Å². The fourth-order valence-corrected chi connectivity index (χ4v) is 3.15. The molecule has 3 rings (SSSR count). The van der Waals surface area contributed by atoms with Gasteiger partial charge in [0.2, 0.25) is 5.91 Å². The van der Waals surface area contributed by atoms with Crippen LogP contribution >= 0.6 is 0 Å². The first-order valence-electron chi connectivity index (χ1n) is 8.59. The summed E-state index contributed by atoms with van der Waals surface area (Å²) in [4.78, 5) is 16.9. The maximum atomic E-state index is 12.7. The Kier molecular flexibility index (Phi) is 5.39. The zero-order valence-corrected chi connectivity index (χ0v) is 14.8. The molecule has 25 heavy (non-hydrogen) atoms. The fraction of sp³-hybridized carbons (Fsp3) is 0.286. The predicted octanol–water partition coefficient (Wildman–Crippen LogP) is 3.45. The molecule has 2 aromatic rings. The molecule has 4 heteroatoms. The monoisotopic (exact) mass is 336 g/mol. The van der Waals surface area contributed by atoms with E-state index in [0.717, 1.165) is 48.8 Å². The summed E-state index contributed by atoms with van der Waals surface area (Å²) < 4.78 is 5.45. The summed E-state index contributed by atoms with van der Waals surface area (Å²) >= 11 is 0. The highest BCUT2D eigenvalue weighted by molar-refractivity contribution is 5.97. The van der Waals surface area contributed by atoms with Crippen molar-refractivity contribution in [2.45, 2.75) is 6.92 Å². The minimum Gasteiger partial charge on any atom is -0.495 e. The quantitative estimate of drug-likeness (QED) is 0.802. The molecule has 1 heterocycles. The highest BCUT2D eigenvalue weighted by Gasteiger charge is 2.23. The minimum absolute atomic E-state index is 0.114. The lowest BCUT2D eigenvalue weighted by molar-refractivity contribution is -0.127. The molecular formula is C21H24N2O2. The molecule has 0 aliphatic carbocycles. The lowest BCUT2D eigenvalue weighted by Crippen LogP contribution is -2.49. The lowest BCUT2D eigenvalue weighted by atomic mass is 10.1. The van der Waals surface area contributed by atoms with E-state index < -0.39 is 0 Å². The summed E-state index contributed by atoms with van der Waals surface area (Å²) in [7, 11) is 1.69. The molecule has 4 nitrogen and oxygen atoms in total. The van der Waals surface area contributed by atoms with Crippen molar-refractivity contribution in [2.75, 3.05) is 38.2 Å². The predicted molar refractivity (Wildman–Crippen MR) is 102 cm³/mol. The average molecular weight is 336 g/mol. The van der Waals surface area contributed by atoms with Gasteiger partial charge >= 0.3 is 0 Å². The third-order valence-electron chi connectivity index (χ3n) is 4.51. The van der Waals surface area contributed by atoms with Gasteiger partial charge in [0, 0.05) is 31.8 Å². The van der Waals surface area contributed by atoms with Crippen LogP contribution in [-0.4, -0.2) is 44.1 Å². The van der Waals surface area contributed by atoms with E-state index in [9.17, 15) is 4.79 Å². The Bertz CT molecular complexity index is 748. The number of amides is 1. The van der Waals surface area contributed by atoms with E-state index in [4.69, 9.17) is 4.74 Å². The van der Waals surface area contributed by atoms with Gasteiger partial charge in [-0.3, -0.25) is 4.79 Å². The van der Waals surface area contributed by atoms with Crippen LogP contribution in [0.15, 0.2) is 60.2 Å². The Morgan fingerprint density at radius 1 is 0.960 bits per heavy atom. The van der Waals surface area contributed by atoms with Gasteiger partial charge in [0.05, 0.1) is 12.8 Å². The molecular weight excluding hydrogens is 312 g/mol. The molecule has 0 N–H and O–H groups in total. The number of hydrogen-bond donors (Lipinski definition) is 0. The Morgan fingerprint density at radius 3 is 2.28 bits per heavy atom. The second-order valence-electron chi connectivity index (χ2n) is 6.19. The topological polar surface area (TPSA) is 32.8 Å². The van der Waals surface area contributed by atoms with E-state index in [1.165, 1.54) is 0 Å². The maximum absolute atomic E-state index is 12.7. The Hall–Kier alpha value is -2.75. The Balaban J connectivity index is 1.64. The second-order valence-corrected chi connectivity index (χ2v) is 6.19. The SMILES string of the molecule is COc1ccccc1N1CCN(C(=O)/C(C)=C\c2ccccc2)CC1. The van der Waals surface area contributed by atoms with Crippen molar-refractivity contribution in [3.05, 3.63) is 65.7 Å². The van der Waals surface area contributed by atoms with Gasteiger partial charge in [0.1, 0.15) is 5.75 Å². The summed E-state index contributed by atoms with van der Waals surface area (Å²) in [6.07, 6.45) is 1.95. The molecule has 1 amide bonds. The maximum Gasteiger partial charge on any atom is 0.249 e. The molecule has 0 bridgehead atoms. The molecule has 0 radical (unpaired) electrons. The molecule has 0 aromatic heterocycles. The van der Waals surface area contributed by atoms with Crippen molar-refractivity contribution >= 4 is 17.7 Å². The van der Waals surface area contributed by atoms with Crippen LogP contribution in [-0.2, 0) is 4.79 Å². The summed E-state index contributed by atoms with van der Waals surface area (Å²) in [5.74, 6) is 0.992. The van der Waals surface area contributed by atoms with Crippen LogP contribution in [0.4, 0.5) is 5.69 Å². The first-order valence-corrected chi connectivity index (χ1v) is 8.59. The molecule has 130 valence electrons. The van der Waals surface area contributed by atoms with Gasteiger partial charge < -0.3 is 14.5 Å². The minimum atomic E-state index is 0.114. The number of piperazine rings is 1. The normalized spacial score (nSPS) is 15.2. The third kappa shape index (κ3) is 4.02. The molecule has 1 fully saturated rings. The molecule has 2 aromatic carbocycles. The molecule has 1 aliphatic heterocycles. The van der Waals surface area contributed by atoms with Crippen LogP contribution in [0.3, 0.4) is 0 Å². The number of carbonyl (C=O) groups is 1. The number of anilines is 1. The molecule has 0 spiro atoms. The zero-order chi connectivity index (χ0) is 17.6. The number of hydrogen-bond acceptors (Lipinski definition) is 3. The highest BCUT2D eigenvalue weighted by atomic mass is 16.5. The van der Waals surface area contributed by atoms with Crippen molar-refractivity contribution in [1.29, 1.82) is 0 Å². The lowest BCUT2D eigenvalue weighted by Gasteiger charge is -2.36. The van der Waals surface area contributed by atoms with Crippen molar-refractivity contribution in [2.24, 2.45) is 0 Å². The Labute approximate surface area is 149 Å². The number of methoxy groups -OCH3 is 1. The molecule has 0 saturated carbocycles. The smallest absolute Gasteiger partial charge is 0.249 e. The summed E-state index contributed by atoms with van der Waals surface area (Å²) in [5.41, 5.74) is 2.92. The van der Waals surface area contributed by atoms with Crippen molar-refractivity contribution in [1.82, 2.24) is 4.90 Å². The van der Waals surface area contributed by atoms with Crippen LogP contribution < -0.4 is 9.64 Å². The van der Waals surface area contributed by atoms with Crippen LogP contribution in [0.5, 0.6) is 5.75 Å². The van der Waals surface area contributed by atoms with Crippen molar-refractivity contribution < 1.29 is 9.53 Å². The van der Waals surface area contributed by atoms with Gasteiger partial charge in [0.15, 0.2) is 0 Å². The van der Waals surface area contributed by atoms with E-state index in [-0.39, 0.29) is 5.91 Å². The Morgan fingerprint density at radius 2 is 1.60 bits per heavy atom. The van der Waals surface area contributed by atoms with Crippen LogP contribution in [0.1, 0.15) is 12.5 Å². The largest absolute Gasteiger partial charge is 0.495 e. The second kappa shape index (κ2) is 7.88. The van der Waals surface area contributed by atoms with E-state index in [2.05, 4.69) is 11.0 Å².